The zero-order chi connectivity index (χ0) is 55.3. The van der Waals surface area contributed by atoms with Gasteiger partial charge in [0.25, 0.3) is 11.8 Å². The van der Waals surface area contributed by atoms with Crippen molar-refractivity contribution in [2.24, 2.45) is 23.2 Å². The average molecular weight is 1070 g/mol. The number of ether oxygens (including phenoxy) is 4. The number of fused-ring (bicyclic) bond motifs is 8. The van der Waals surface area contributed by atoms with E-state index in [1.807, 2.05) is 69.4 Å². The second-order valence-electron chi connectivity index (χ2n) is 23.0. The van der Waals surface area contributed by atoms with Gasteiger partial charge < -0.3 is 48.6 Å². The first-order valence-corrected chi connectivity index (χ1v) is 27.5. The highest BCUT2D eigenvalue weighted by Gasteiger charge is 2.53. The Balaban J connectivity index is 1.05. The Bertz CT molecular complexity index is 3100. The monoisotopic (exact) mass is 1070 g/mol. The Morgan fingerprint density at radius 1 is 0.974 bits per heavy atom. The van der Waals surface area contributed by atoms with Crippen molar-refractivity contribution in [3.8, 4) is 28.1 Å². The van der Waals surface area contributed by atoms with Gasteiger partial charge in [0.05, 0.1) is 49.7 Å². The number of phenols is 1. The van der Waals surface area contributed by atoms with Crippen LogP contribution in [-0.4, -0.2) is 151 Å². The minimum Gasteiger partial charge on any atom is -0.508 e. The number of carbonyl (C=O) groups is 5. The van der Waals surface area contributed by atoms with Gasteiger partial charge in [-0.2, -0.15) is 0 Å². The summed E-state index contributed by atoms with van der Waals surface area (Å²) in [6.07, 6.45) is 1.58. The van der Waals surface area contributed by atoms with Gasteiger partial charge in [0, 0.05) is 87.6 Å². The van der Waals surface area contributed by atoms with E-state index in [-0.39, 0.29) is 60.6 Å². The zero-order valence-corrected chi connectivity index (χ0v) is 46.3. The van der Waals surface area contributed by atoms with Crippen LogP contribution in [0.5, 0.6) is 5.75 Å². The molecule has 3 saturated heterocycles. The molecule has 18 heteroatoms. The molecule has 5 aliphatic rings. The fourth-order valence-electron chi connectivity index (χ4n) is 12.3. The summed E-state index contributed by atoms with van der Waals surface area (Å²) in [5.41, 5.74) is 11.2. The number of nitrogens with zero attached hydrogens (tertiary/aromatic N) is 6. The van der Waals surface area contributed by atoms with Gasteiger partial charge in [0.2, 0.25) is 5.91 Å². The topological polar surface area (TPSA) is 197 Å². The van der Waals surface area contributed by atoms with Crippen LogP contribution in [0.4, 0.5) is 10.5 Å². The molecule has 1 unspecified atom stereocenters. The molecule has 1 saturated carbocycles. The molecule has 2 aromatic heterocycles. The summed E-state index contributed by atoms with van der Waals surface area (Å²) in [6, 6.07) is 20.4. The van der Waals surface area contributed by atoms with Crippen molar-refractivity contribution in [1.82, 2.24) is 35.1 Å². The average Bonchev–Trinajstić information content (AvgIpc) is 4.22. The number of aromatic hydroxyl groups is 1. The van der Waals surface area contributed by atoms with E-state index in [4.69, 9.17) is 23.9 Å². The number of hydrogen-bond donors (Lipinski definition) is 3. The summed E-state index contributed by atoms with van der Waals surface area (Å²) in [5.74, 6) is -2.29. The summed E-state index contributed by atoms with van der Waals surface area (Å²) < 4.78 is 25.5. The van der Waals surface area contributed by atoms with Crippen molar-refractivity contribution in [2.75, 3.05) is 72.1 Å². The molecule has 3 aromatic carbocycles. The normalized spacial score (nSPS) is 23.8. The Morgan fingerprint density at radius 2 is 1.73 bits per heavy atom. The van der Waals surface area contributed by atoms with Gasteiger partial charge in [0.1, 0.15) is 30.0 Å². The lowest BCUT2D eigenvalue weighted by atomic mass is 9.84. The van der Waals surface area contributed by atoms with Crippen molar-refractivity contribution in [1.29, 1.82) is 0 Å². The number of rotatable bonds is 11. The predicted molar refractivity (Wildman–Crippen MR) is 294 cm³/mol. The molecule has 10 rings (SSSR count). The minimum absolute atomic E-state index is 0.0166. The van der Waals surface area contributed by atoms with Crippen LogP contribution >= 0.6 is 0 Å². The molecule has 8 atom stereocenters. The van der Waals surface area contributed by atoms with E-state index in [1.165, 1.54) is 17.0 Å². The molecule has 5 aromatic rings. The fourth-order valence-corrected chi connectivity index (χ4v) is 12.3. The van der Waals surface area contributed by atoms with Gasteiger partial charge >= 0.3 is 12.1 Å². The summed E-state index contributed by atoms with van der Waals surface area (Å²) in [7, 11) is 4.67. The Labute approximate surface area is 456 Å². The second-order valence-corrected chi connectivity index (χ2v) is 23.0. The number of pyridine rings is 1. The molecule has 4 aliphatic heterocycles. The summed E-state index contributed by atoms with van der Waals surface area (Å²) in [6.45, 7) is 15.6. The molecule has 4 amide bonds. The minimum atomic E-state index is -1.17. The van der Waals surface area contributed by atoms with Gasteiger partial charge in [-0.25, -0.2) is 10.2 Å². The Kier molecular flexibility index (Phi) is 15.3. The van der Waals surface area contributed by atoms with Crippen LogP contribution in [0.2, 0.25) is 0 Å². The third-order valence-corrected chi connectivity index (χ3v) is 16.7. The molecule has 3 N–H and O–H groups in total. The summed E-state index contributed by atoms with van der Waals surface area (Å²) in [5, 5.41) is 17.0. The molecule has 0 spiro atoms. The first-order valence-electron chi connectivity index (χ1n) is 27.5. The SMILES string of the molecule is CCn1c(-c2cc(N3CCN(C(=O)OC)CC3)cnc2[C@H](C)OC)c2c3cc(ccc31)-c1cc(O)cc(c1)C[C@H](NC(=O)[C@H](C(C)C)N(C)C(=O)[C@@H]1OC[C@@H]1c1ccccc1)C(=O)N1CC3C[C@@H]3[C@H](N1)C(=O)OCC(C)(C)C2. The van der Waals surface area contributed by atoms with E-state index in [0.29, 0.717) is 63.4 Å². The Hall–Kier alpha value is -7.02. The predicted octanol–water partition coefficient (Wildman–Crippen LogP) is 6.86. The number of benzene rings is 3. The zero-order valence-electron chi connectivity index (χ0n) is 46.3. The first kappa shape index (κ1) is 54.3. The van der Waals surface area contributed by atoms with Crippen LogP contribution < -0.4 is 15.6 Å². The van der Waals surface area contributed by atoms with E-state index in [9.17, 15) is 24.3 Å². The smallest absolute Gasteiger partial charge is 0.409 e. The molecule has 0 radical (unpaired) electrons. The Morgan fingerprint density at radius 3 is 2.41 bits per heavy atom. The number of amides is 4. The van der Waals surface area contributed by atoms with Crippen molar-refractivity contribution in [3.63, 3.8) is 0 Å². The van der Waals surface area contributed by atoms with Gasteiger partial charge in [-0.05, 0) is 103 Å². The second kappa shape index (κ2) is 22.0. The van der Waals surface area contributed by atoms with Crippen molar-refractivity contribution >= 4 is 46.4 Å². The highest BCUT2D eigenvalue weighted by Crippen LogP contribution is 2.46. The van der Waals surface area contributed by atoms with Crippen molar-refractivity contribution in [2.45, 2.75) is 104 Å². The van der Waals surface area contributed by atoms with Gasteiger partial charge in [-0.3, -0.25) is 29.2 Å². The van der Waals surface area contributed by atoms with Gasteiger partial charge in [-0.1, -0.05) is 70.2 Å². The number of nitrogens with one attached hydrogen (secondary N) is 2. The van der Waals surface area contributed by atoms with Crippen LogP contribution in [0.3, 0.4) is 0 Å². The number of cyclic esters (lactones) is 1. The number of aromatic nitrogens is 2. The van der Waals surface area contributed by atoms with Crippen molar-refractivity contribution in [3.05, 3.63) is 101 Å². The first-order chi connectivity index (χ1) is 37.4. The van der Waals surface area contributed by atoms with E-state index >= 15 is 4.79 Å². The molecule has 4 fully saturated rings. The molecular formula is C60H74N8O10. The quantitative estimate of drug-likeness (QED) is 0.116. The highest BCUT2D eigenvalue weighted by atomic mass is 16.5. The molecule has 414 valence electrons. The van der Waals surface area contributed by atoms with Crippen LogP contribution in [0, 0.1) is 23.2 Å². The molecule has 6 bridgehead atoms. The number of piperazine rings is 1. The fraction of sp³-hybridized carbons (Fsp3) is 0.500. The lowest BCUT2D eigenvalue weighted by Gasteiger charge is -2.41. The third kappa shape index (κ3) is 10.7. The number of esters is 1. The number of phenolic OH excluding ortho intramolecular Hbond substituents is 1. The van der Waals surface area contributed by atoms with Gasteiger partial charge in [-0.15, -0.1) is 0 Å². The molecular weight excluding hydrogens is 993 g/mol. The number of anilines is 1. The number of hydrogen-bond acceptors (Lipinski definition) is 13. The maximum atomic E-state index is 15.1. The lowest BCUT2D eigenvalue weighted by molar-refractivity contribution is -0.165. The highest BCUT2D eigenvalue weighted by molar-refractivity contribution is 5.97. The maximum absolute atomic E-state index is 15.1. The van der Waals surface area contributed by atoms with Crippen LogP contribution in [0.15, 0.2) is 79.0 Å². The third-order valence-electron chi connectivity index (χ3n) is 16.7. The summed E-state index contributed by atoms with van der Waals surface area (Å²) >= 11 is 0. The van der Waals surface area contributed by atoms with Crippen LogP contribution in [-0.2, 0) is 57.5 Å². The van der Waals surface area contributed by atoms with Gasteiger partial charge in [0.15, 0.2) is 0 Å². The van der Waals surface area contributed by atoms with E-state index in [0.717, 1.165) is 56.7 Å². The number of hydrazine groups is 1. The molecule has 18 nitrogen and oxygen atoms in total. The largest absolute Gasteiger partial charge is 0.508 e. The number of methoxy groups -OCH3 is 2. The van der Waals surface area contributed by atoms with E-state index in [1.54, 1.807) is 31.2 Å². The maximum Gasteiger partial charge on any atom is 0.409 e. The van der Waals surface area contributed by atoms with Crippen LogP contribution in [0.25, 0.3) is 33.3 Å². The van der Waals surface area contributed by atoms with Crippen LogP contribution in [0.1, 0.15) is 82.4 Å². The molecule has 1 aliphatic carbocycles. The number of aryl methyl sites for hydroxylation is 1. The standard InChI is InChI=1S/C60H74N8O10/c1-10-67-49-17-16-38-26-44(49)46(53(67)45-28-41(30-61-50(45)35(4)75-8)65-18-20-66(21-19-65)59(74)76-9)29-60(5,6)33-78-58(73)51-43-27-40(43)31-68(63-51)56(71)48(24-36-22-39(38)25-42(69)23-36)62-55(70)52(34(2)3)64(7)57(72)54-47(32-77-54)37-14-12-11-13-15-37/h11-17,22-23,25-26,28,30,34-35,40,43,47-48,51-52,54,63,69H,10,18-21,24,27,29,31-33H2,1-9H3,(H,62,70)/t35-,40?,43-,47+,48-,51-,52-,54+/m0/s1. The molecule has 6 heterocycles. The number of likely N-dealkylation sites (N-methyl/N-ethyl adjacent to an activating group) is 1. The van der Waals surface area contributed by atoms with E-state index < -0.39 is 47.4 Å². The lowest BCUT2D eigenvalue weighted by Crippen LogP contribution is -2.63. The van der Waals surface area contributed by atoms with Crippen molar-refractivity contribution < 1.29 is 48.0 Å². The van der Waals surface area contributed by atoms with E-state index in [2.05, 4.69) is 59.2 Å². The molecule has 78 heavy (non-hydrogen) atoms. The number of carbonyl (C=O) groups excluding carboxylic acids is 5. The summed E-state index contributed by atoms with van der Waals surface area (Å²) in [4.78, 5) is 81.4.